The van der Waals surface area contributed by atoms with E-state index in [1.807, 2.05) is 19.2 Å². The normalized spacial score (nSPS) is 14.5. The zero-order valence-electron chi connectivity index (χ0n) is 21.0. The molecule has 1 saturated heterocycles. The van der Waals surface area contributed by atoms with Crippen molar-refractivity contribution >= 4 is 39.3 Å². The third-order valence-electron chi connectivity index (χ3n) is 6.86. The molecule has 0 unspecified atom stereocenters. The number of amides is 1. The molecule has 0 saturated carbocycles. The number of carbonyl (C=O) groups is 1. The van der Waals surface area contributed by atoms with E-state index in [1.54, 1.807) is 18.6 Å². The van der Waals surface area contributed by atoms with Gasteiger partial charge in [-0.2, -0.15) is 5.10 Å². The highest BCUT2D eigenvalue weighted by Gasteiger charge is 2.19. The topological polar surface area (TPSA) is 119 Å². The number of pyridine rings is 3. The van der Waals surface area contributed by atoms with Crippen LogP contribution in [0.2, 0.25) is 0 Å². The monoisotopic (exact) mass is 495 g/mol. The second-order valence-electron chi connectivity index (χ2n) is 9.52. The predicted molar refractivity (Wildman–Crippen MR) is 145 cm³/mol. The Morgan fingerprint density at radius 3 is 2.70 bits per heavy atom. The summed E-state index contributed by atoms with van der Waals surface area (Å²) >= 11 is 0. The van der Waals surface area contributed by atoms with Crippen molar-refractivity contribution in [1.82, 2.24) is 35.0 Å². The first kappa shape index (κ1) is 23.1. The Hall–Kier alpha value is -4.31. The number of nitrogens with one attached hydrogen (secondary N) is 3. The molecule has 0 bridgehead atoms. The zero-order chi connectivity index (χ0) is 25.4. The fraction of sp³-hybridized carbons (Fsp3) is 0.296. The van der Waals surface area contributed by atoms with Crippen molar-refractivity contribution in [2.45, 2.75) is 19.8 Å². The molecule has 0 atom stereocenters. The van der Waals surface area contributed by atoms with Gasteiger partial charge in [-0.15, -0.1) is 0 Å². The Labute approximate surface area is 214 Å². The quantitative estimate of drug-likeness (QED) is 0.325. The van der Waals surface area contributed by atoms with Gasteiger partial charge in [0.25, 0.3) is 0 Å². The SMILES string of the molecule is CCCC(=O)Nc1cncc(-c2cnc3n[nH]c(-c4cc5c(N6CCN(C)CC6)ccnc5[nH]4)c3c2)c1. The third kappa shape index (κ3) is 4.51. The number of anilines is 2. The number of aromatic amines is 2. The van der Waals surface area contributed by atoms with Crippen molar-refractivity contribution < 1.29 is 4.79 Å². The van der Waals surface area contributed by atoms with E-state index in [1.165, 1.54) is 5.69 Å². The molecule has 188 valence electrons. The first-order valence-electron chi connectivity index (χ1n) is 12.6. The molecule has 1 aliphatic heterocycles. The van der Waals surface area contributed by atoms with Crippen molar-refractivity contribution in [3.05, 3.63) is 49.1 Å². The van der Waals surface area contributed by atoms with Gasteiger partial charge in [-0.25, -0.2) is 9.97 Å². The molecule has 1 amide bonds. The summed E-state index contributed by atoms with van der Waals surface area (Å²) in [5.74, 6) is -0.0180. The summed E-state index contributed by atoms with van der Waals surface area (Å²) in [6, 6.07) is 8.20. The molecule has 10 heteroatoms. The molecule has 0 radical (unpaired) electrons. The van der Waals surface area contributed by atoms with Crippen LogP contribution in [0.5, 0.6) is 0 Å². The predicted octanol–water partition coefficient (Wildman–Crippen LogP) is 4.05. The molecule has 5 aromatic heterocycles. The van der Waals surface area contributed by atoms with Crippen molar-refractivity contribution in [3.63, 3.8) is 0 Å². The van der Waals surface area contributed by atoms with Crippen LogP contribution in [0.3, 0.4) is 0 Å². The lowest BCUT2D eigenvalue weighted by Gasteiger charge is -2.34. The highest BCUT2D eigenvalue weighted by atomic mass is 16.1. The number of aromatic nitrogens is 6. The number of H-pyrrole nitrogens is 2. The zero-order valence-corrected chi connectivity index (χ0v) is 21.0. The molecule has 5 aromatic rings. The summed E-state index contributed by atoms with van der Waals surface area (Å²) in [5.41, 5.74) is 6.85. The number of rotatable bonds is 6. The van der Waals surface area contributed by atoms with E-state index >= 15 is 0 Å². The molecule has 6 heterocycles. The maximum absolute atomic E-state index is 12.0. The Balaban J connectivity index is 1.35. The Morgan fingerprint density at radius 2 is 1.86 bits per heavy atom. The van der Waals surface area contributed by atoms with E-state index in [0.29, 0.717) is 17.8 Å². The Bertz CT molecular complexity index is 1580. The number of hydrogen-bond donors (Lipinski definition) is 3. The fourth-order valence-electron chi connectivity index (χ4n) is 4.85. The summed E-state index contributed by atoms with van der Waals surface area (Å²) < 4.78 is 0. The van der Waals surface area contributed by atoms with Gasteiger partial charge in [0.2, 0.25) is 5.91 Å². The van der Waals surface area contributed by atoms with Gasteiger partial charge in [-0.05, 0) is 37.7 Å². The maximum atomic E-state index is 12.0. The van der Waals surface area contributed by atoms with Crippen LogP contribution in [-0.4, -0.2) is 74.2 Å². The minimum Gasteiger partial charge on any atom is -0.368 e. The standard InChI is InChI=1S/C27H29N9O/c1-3-4-24(37)31-19-11-17(14-28-16-19)18-12-21-25(33-34-27(21)30-15-18)22-13-20-23(5-6-29-26(20)32-22)36-9-7-35(2)8-10-36/h5-6,11-16H,3-4,7-10H2,1-2H3,(H,29,32)(H,31,37)(H,30,33,34). The molecule has 0 spiro atoms. The third-order valence-corrected chi connectivity index (χ3v) is 6.86. The van der Waals surface area contributed by atoms with Gasteiger partial charge in [-0.3, -0.25) is 14.9 Å². The van der Waals surface area contributed by atoms with E-state index in [4.69, 9.17) is 0 Å². The summed E-state index contributed by atoms with van der Waals surface area (Å²) in [5, 5.41) is 12.5. The van der Waals surface area contributed by atoms with E-state index in [2.05, 4.69) is 70.5 Å². The molecule has 0 aliphatic carbocycles. The van der Waals surface area contributed by atoms with Gasteiger partial charge in [0.1, 0.15) is 5.65 Å². The van der Waals surface area contributed by atoms with Gasteiger partial charge in [0, 0.05) is 78.8 Å². The second-order valence-corrected chi connectivity index (χ2v) is 9.52. The Morgan fingerprint density at radius 1 is 1.03 bits per heavy atom. The van der Waals surface area contributed by atoms with Crippen LogP contribution in [-0.2, 0) is 4.79 Å². The highest BCUT2D eigenvalue weighted by molar-refractivity contribution is 5.99. The highest BCUT2D eigenvalue weighted by Crippen LogP contribution is 2.34. The molecule has 0 aromatic carbocycles. The fourth-order valence-corrected chi connectivity index (χ4v) is 4.85. The van der Waals surface area contributed by atoms with E-state index in [0.717, 1.165) is 71.5 Å². The molecule has 10 nitrogen and oxygen atoms in total. The van der Waals surface area contributed by atoms with Gasteiger partial charge in [-0.1, -0.05) is 6.92 Å². The van der Waals surface area contributed by atoms with Crippen molar-refractivity contribution in [3.8, 4) is 22.5 Å². The number of piperazine rings is 1. The molecule has 3 N–H and O–H groups in total. The van der Waals surface area contributed by atoms with Crippen LogP contribution in [0, 0.1) is 0 Å². The number of carbonyl (C=O) groups excluding carboxylic acids is 1. The van der Waals surface area contributed by atoms with Gasteiger partial charge < -0.3 is 20.1 Å². The molecule has 1 aliphatic rings. The Kier molecular flexibility index (Phi) is 6.01. The van der Waals surface area contributed by atoms with Crippen LogP contribution < -0.4 is 10.2 Å². The molecular weight excluding hydrogens is 466 g/mol. The second kappa shape index (κ2) is 9.62. The van der Waals surface area contributed by atoms with Crippen LogP contribution in [0.15, 0.2) is 49.1 Å². The largest absolute Gasteiger partial charge is 0.368 e. The first-order chi connectivity index (χ1) is 18.1. The van der Waals surface area contributed by atoms with Crippen molar-refractivity contribution in [2.24, 2.45) is 0 Å². The average Bonchev–Trinajstić information content (AvgIpc) is 3.53. The van der Waals surface area contributed by atoms with E-state index in [-0.39, 0.29) is 5.91 Å². The van der Waals surface area contributed by atoms with Gasteiger partial charge in [0.15, 0.2) is 5.65 Å². The van der Waals surface area contributed by atoms with Crippen molar-refractivity contribution in [2.75, 3.05) is 43.4 Å². The van der Waals surface area contributed by atoms with Crippen LogP contribution in [0.4, 0.5) is 11.4 Å². The van der Waals surface area contributed by atoms with Gasteiger partial charge in [0.05, 0.1) is 23.3 Å². The summed E-state index contributed by atoms with van der Waals surface area (Å²) in [6.45, 7) is 6.04. The van der Waals surface area contributed by atoms with E-state index < -0.39 is 0 Å². The molecule has 6 rings (SSSR count). The van der Waals surface area contributed by atoms with Gasteiger partial charge >= 0.3 is 0 Å². The lowest BCUT2D eigenvalue weighted by molar-refractivity contribution is -0.116. The molecular formula is C27H29N9O. The summed E-state index contributed by atoms with van der Waals surface area (Å²) in [6.07, 6.45) is 8.34. The summed E-state index contributed by atoms with van der Waals surface area (Å²) in [7, 11) is 2.16. The van der Waals surface area contributed by atoms with E-state index in [9.17, 15) is 4.79 Å². The summed E-state index contributed by atoms with van der Waals surface area (Å²) in [4.78, 5) is 33.8. The number of hydrogen-bond acceptors (Lipinski definition) is 7. The minimum absolute atomic E-state index is 0.0180. The molecule has 37 heavy (non-hydrogen) atoms. The molecule has 1 fully saturated rings. The lowest BCUT2D eigenvalue weighted by Crippen LogP contribution is -2.44. The van der Waals surface area contributed by atoms with Crippen LogP contribution in [0.1, 0.15) is 19.8 Å². The smallest absolute Gasteiger partial charge is 0.224 e. The average molecular weight is 496 g/mol. The number of fused-ring (bicyclic) bond motifs is 2. The maximum Gasteiger partial charge on any atom is 0.224 e. The first-order valence-corrected chi connectivity index (χ1v) is 12.6. The minimum atomic E-state index is -0.0180. The van der Waals surface area contributed by atoms with Crippen molar-refractivity contribution in [1.29, 1.82) is 0 Å². The number of nitrogens with zero attached hydrogens (tertiary/aromatic N) is 6. The number of likely N-dealkylation sites (N-methyl/N-ethyl adjacent to an activating group) is 1. The lowest BCUT2D eigenvalue weighted by atomic mass is 10.1. The van der Waals surface area contributed by atoms with Crippen LogP contribution >= 0.6 is 0 Å². The van der Waals surface area contributed by atoms with Crippen LogP contribution in [0.25, 0.3) is 44.6 Å².